The van der Waals surface area contributed by atoms with Gasteiger partial charge in [-0.25, -0.2) is 0 Å². The Morgan fingerprint density at radius 1 is 1.24 bits per heavy atom. The molecule has 0 bridgehead atoms. The van der Waals surface area contributed by atoms with E-state index in [9.17, 15) is 0 Å². The van der Waals surface area contributed by atoms with Crippen LogP contribution in [-0.4, -0.2) is 23.0 Å². The molecule has 0 aliphatic rings. The summed E-state index contributed by atoms with van der Waals surface area (Å²) in [5, 5.41) is 0.740. The molecule has 2 aromatic rings. The quantitative estimate of drug-likeness (QED) is 0.849. The van der Waals surface area contributed by atoms with Gasteiger partial charge >= 0.3 is 0 Å². The number of hydrogen-bond donors (Lipinski definition) is 1. The van der Waals surface area contributed by atoms with E-state index in [4.69, 9.17) is 17.3 Å². The van der Waals surface area contributed by atoms with Crippen LogP contribution >= 0.6 is 11.6 Å². The standard InChI is InChI=1S/C17H22ClN3/c1-2-21(13-16-8-3-4-10-20-16)11-9-17(19)14-6-5-7-15(18)12-14/h3-8,10,12,17H,2,9,11,13,19H2,1H3. The Kier molecular flexibility index (Phi) is 6.18. The Labute approximate surface area is 131 Å². The molecule has 0 aliphatic heterocycles. The van der Waals surface area contributed by atoms with Crippen molar-refractivity contribution in [2.75, 3.05) is 13.1 Å². The molecule has 2 rings (SSSR count). The van der Waals surface area contributed by atoms with Gasteiger partial charge in [0.1, 0.15) is 0 Å². The van der Waals surface area contributed by atoms with Gasteiger partial charge < -0.3 is 5.73 Å². The lowest BCUT2D eigenvalue weighted by Gasteiger charge is -2.22. The summed E-state index contributed by atoms with van der Waals surface area (Å²) in [5.41, 5.74) is 8.45. The van der Waals surface area contributed by atoms with Gasteiger partial charge in [-0.1, -0.05) is 36.7 Å². The van der Waals surface area contributed by atoms with Crippen molar-refractivity contribution >= 4 is 11.6 Å². The molecule has 0 saturated carbocycles. The predicted octanol–water partition coefficient (Wildman–Crippen LogP) is 3.65. The van der Waals surface area contributed by atoms with Crippen LogP contribution in [0.2, 0.25) is 5.02 Å². The molecular formula is C17H22ClN3. The third-order valence-electron chi connectivity index (χ3n) is 3.59. The van der Waals surface area contributed by atoms with E-state index >= 15 is 0 Å². The third kappa shape index (κ3) is 5.12. The molecule has 112 valence electrons. The monoisotopic (exact) mass is 303 g/mol. The van der Waals surface area contributed by atoms with Crippen LogP contribution in [0.4, 0.5) is 0 Å². The largest absolute Gasteiger partial charge is 0.324 e. The summed E-state index contributed by atoms with van der Waals surface area (Å²) in [5.74, 6) is 0. The van der Waals surface area contributed by atoms with Crippen LogP contribution < -0.4 is 5.73 Å². The smallest absolute Gasteiger partial charge is 0.0543 e. The SMILES string of the molecule is CCN(CCC(N)c1cccc(Cl)c1)Cc1ccccn1. The van der Waals surface area contributed by atoms with Crippen LogP contribution in [0.3, 0.4) is 0 Å². The fraction of sp³-hybridized carbons (Fsp3) is 0.353. The number of benzene rings is 1. The van der Waals surface area contributed by atoms with Crippen molar-refractivity contribution in [1.29, 1.82) is 0 Å². The summed E-state index contributed by atoms with van der Waals surface area (Å²) in [7, 11) is 0. The maximum Gasteiger partial charge on any atom is 0.0543 e. The fourth-order valence-corrected chi connectivity index (χ4v) is 2.49. The molecule has 0 radical (unpaired) electrons. The number of aromatic nitrogens is 1. The number of hydrogen-bond acceptors (Lipinski definition) is 3. The summed E-state index contributed by atoms with van der Waals surface area (Å²) < 4.78 is 0. The van der Waals surface area contributed by atoms with Gasteiger partial charge in [-0.3, -0.25) is 9.88 Å². The van der Waals surface area contributed by atoms with Crippen LogP contribution in [0.1, 0.15) is 30.6 Å². The minimum Gasteiger partial charge on any atom is -0.324 e. The zero-order valence-corrected chi connectivity index (χ0v) is 13.1. The second-order valence-corrected chi connectivity index (χ2v) is 5.58. The second kappa shape index (κ2) is 8.13. The first-order valence-corrected chi connectivity index (χ1v) is 7.70. The van der Waals surface area contributed by atoms with Crippen LogP contribution in [0.15, 0.2) is 48.7 Å². The van der Waals surface area contributed by atoms with Crippen molar-refractivity contribution in [2.45, 2.75) is 25.9 Å². The van der Waals surface area contributed by atoms with Crippen molar-refractivity contribution in [1.82, 2.24) is 9.88 Å². The Bertz CT molecular complexity index is 545. The van der Waals surface area contributed by atoms with Crippen LogP contribution in [-0.2, 0) is 6.54 Å². The molecule has 0 spiro atoms. The van der Waals surface area contributed by atoms with Gasteiger partial charge in [0.2, 0.25) is 0 Å². The Balaban J connectivity index is 1.88. The van der Waals surface area contributed by atoms with Gasteiger partial charge in [-0.2, -0.15) is 0 Å². The zero-order chi connectivity index (χ0) is 15.1. The molecule has 0 aliphatic carbocycles. The summed E-state index contributed by atoms with van der Waals surface area (Å²) in [6.45, 7) is 4.95. The fourth-order valence-electron chi connectivity index (χ4n) is 2.30. The minimum absolute atomic E-state index is 0.0153. The van der Waals surface area contributed by atoms with Gasteiger partial charge in [-0.15, -0.1) is 0 Å². The van der Waals surface area contributed by atoms with E-state index in [1.165, 1.54) is 0 Å². The lowest BCUT2D eigenvalue weighted by Crippen LogP contribution is -2.27. The second-order valence-electron chi connectivity index (χ2n) is 5.14. The average molecular weight is 304 g/mol. The topological polar surface area (TPSA) is 42.1 Å². The number of pyridine rings is 1. The van der Waals surface area contributed by atoms with Crippen molar-refractivity contribution in [2.24, 2.45) is 5.73 Å². The summed E-state index contributed by atoms with van der Waals surface area (Å²) in [6, 6.07) is 13.8. The summed E-state index contributed by atoms with van der Waals surface area (Å²) in [4.78, 5) is 6.73. The first kappa shape index (κ1) is 16.0. The van der Waals surface area contributed by atoms with Crippen LogP contribution in [0.25, 0.3) is 0 Å². The van der Waals surface area contributed by atoms with Gasteiger partial charge in [0.15, 0.2) is 0 Å². The average Bonchev–Trinajstić information content (AvgIpc) is 2.52. The number of nitrogens with two attached hydrogens (primary N) is 1. The molecule has 0 fully saturated rings. The highest BCUT2D eigenvalue weighted by Crippen LogP contribution is 2.19. The van der Waals surface area contributed by atoms with E-state index in [1.54, 1.807) is 0 Å². The van der Waals surface area contributed by atoms with E-state index < -0.39 is 0 Å². The summed E-state index contributed by atoms with van der Waals surface area (Å²) in [6.07, 6.45) is 2.74. The molecule has 1 heterocycles. The first-order valence-electron chi connectivity index (χ1n) is 7.32. The highest BCUT2D eigenvalue weighted by atomic mass is 35.5. The number of nitrogens with zero attached hydrogens (tertiary/aromatic N) is 2. The van der Waals surface area contributed by atoms with Gasteiger partial charge in [-0.05, 0) is 42.8 Å². The normalized spacial score (nSPS) is 12.6. The molecule has 1 aromatic carbocycles. The minimum atomic E-state index is 0.0153. The van der Waals surface area contributed by atoms with Gasteiger partial charge in [0.25, 0.3) is 0 Å². The van der Waals surface area contributed by atoms with Crippen molar-refractivity contribution in [3.05, 3.63) is 64.9 Å². The van der Waals surface area contributed by atoms with E-state index in [-0.39, 0.29) is 6.04 Å². The van der Waals surface area contributed by atoms with E-state index in [1.807, 2.05) is 42.6 Å². The lowest BCUT2D eigenvalue weighted by molar-refractivity contribution is 0.265. The first-order chi connectivity index (χ1) is 10.2. The molecule has 21 heavy (non-hydrogen) atoms. The van der Waals surface area contributed by atoms with Gasteiger partial charge in [0.05, 0.1) is 5.69 Å². The molecule has 4 heteroatoms. The zero-order valence-electron chi connectivity index (χ0n) is 12.4. The molecule has 0 saturated heterocycles. The van der Waals surface area contributed by atoms with Crippen molar-refractivity contribution in [3.8, 4) is 0 Å². The Morgan fingerprint density at radius 2 is 2.10 bits per heavy atom. The van der Waals surface area contributed by atoms with Crippen molar-refractivity contribution in [3.63, 3.8) is 0 Å². The molecule has 1 unspecified atom stereocenters. The van der Waals surface area contributed by atoms with E-state index in [2.05, 4.69) is 22.9 Å². The maximum atomic E-state index is 6.26. The molecule has 1 atom stereocenters. The molecular weight excluding hydrogens is 282 g/mol. The number of halogens is 1. The molecule has 0 amide bonds. The Hall–Kier alpha value is -1.42. The summed E-state index contributed by atoms with van der Waals surface area (Å²) >= 11 is 6.01. The molecule has 1 aromatic heterocycles. The highest BCUT2D eigenvalue weighted by molar-refractivity contribution is 6.30. The molecule has 2 N–H and O–H groups in total. The van der Waals surface area contributed by atoms with Gasteiger partial charge in [0, 0.05) is 30.4 Å². The predicted molar refractivity (Wildman–Crippen MR) is 88.2 cm³/mol. The lowest BCUT2D eigenvalue weighted by atomic mass is 10.0. The van der Waals surface area contributed by atoms with E-state index in [0.717, 1.165) is 42.3 Å². The Morgan fingerprint density at radius 3 is 2.76 bits per heavy atom. The third-order valence-corrected chi connectivity index (χ3v) is 3.83. The van der Waals surface area contributed by atoms with Crippen molar-refractivity contribution < 1.29 is 0 Å². The maximum absolute atomic E-state index is 6.26. The molecule has 3 nitrogen and oxygen atoms in total. The van der Waals surface area contributed by atoms with Crippen LogP contribution in [0.5, 0.6) is 0 Å². The highest BCUT2D eigenvalue weighted by Gasteiger charge is 2.10. The number of rotatable bonds is 7. The van der Waals surface area contributed by atoms with Crippen LogP contribution in [0, 0.1) is 0 Å². The van der Waals surface area contributed by atoms with E-state index in [0.29, 0.717) is 0 Å².